The number of rotatable bonds is 8. The number of hydrogen-bond donors (Lipinski definition) is 1. The predicted molar refractivity (Wildman–Crippen MR) is 63.0 cm³/mol. The fraction of sp³-hybridized carbons (Fsp3) is 1.00. The second-order valence-corrected chi connectivity index (χ2v) is 4.96. The van der Waals surface area contributed by atoms with Crippen LogP contribution in [-0.4, -0.2) is 42.8 Å². The van der Waals surface area contributed by atoms with E-state index in [0.29, 0.717) is 19.1 Å². The molecule has 17 heavy (non-hydrogen) atoms. The van der Waals surface area contributed by atoms with Crippen molar-refractivity contribution in [3.8, 4) is 0 Å². The van der Waals surface area contributed by atoms with E-state index in [1.54, 1.807) is 4.90 Å². The molecule has 2 nitrogen and oxygen atoms in total. The molecule has 102 valence electrons. The van der Waals surface area contributed by atoms with E-state index < -0.39 is 12.7 Å². The van der Waals surface area contributed by atoms with Crippen molar-refractivity contribution in [2.75, 3.05) is 19.6 Å². The molecule has 0 heterocycles. The van der Waals surface area contributed by atoms with Gasteiger partial charge in [0.25, 0.3) is 0 Å². The van der Waals surface area contributed by atoms with E-state index in [0.717, 1.165) is 25.7 Å². The number of alkyl halides is 3. The Morgan fingerprint density at radius 1 is 1.35 bits per heavy atom. The lowest BCUT2D eigenvalue weighted by Crippen LogP contribution is -2.41. The minimum Gasteiger partial charge on any atom is -0.313 e. The van der Waals surface area contributed by atoms with Crippen LogP contribution in [0, 0.1) is 0 Å². The Morgan fingerprint density at radius 2 is 2.00 bits per heavy atom. The van der Waals surface area contributed by atoms with Crippen molar-refractivity contribution in [3.63, 3.8) is 0 Å². The highest BCUT2D eigenvalue weighted by molar-refractivity contribution is 4.86. The van der Waals surface area contributed by atoms with E-state index in [4.69, 9.17) is 0 Å². The summed E-state index contributed by atoms with van der Waals surface area (Å²) < 4.78 is 37.0. The zero-order chi connectivity index (χ0) is 12.9. The summed E-state index contributed by atoms with van der Waals surface area (Å²) in [5, 5.41) is 3.27. The van der Waals surface area contributed by atoms with Crippen LogP contribution < -0.4 is 5.32 Å². The largest absolute Gasteiger partial charge is 0.401 e. The van der Waals surface area contributed by atoms with E-state index in [-0.39, 0.29) is 6.04 Å². The van der Waals surface area contributed by atoms with Gasteiger partial charge in [0, 0.05) is 25.2 Å². The minimum atomic E-state index is -4.07. The van der Waals surface area contributed by atoms with Gasteiger partial charge in [0.1, 0.15) is 0 Å². The minimum absolute atomic E-state index is 0.167. The summed E-state index contributed by atoms with van der Waals surface area (Å²) in [6.45, 7) is 4.57. The Morgan fingerprint density at radius 3 is 2.47 bits per heavy atom. The van der Waals surface area contributed by atoms with Gasteiger partial charge in [-0.3, -0.25) is 4.90 Å². The van der Waals surface area contributed by atoms with Crippen molar-refractivity contribution >= 4 is 0 Å². The highest BCUT2D eigenvalue weighted by Crippen LogP contribution is 2.29. The molecule has 0 spiro atoms. The molecule has 1 atom stereocenters. The molecule has 0 aliphatic heterocycles. The quantitative estimate of drug-likeness (QED) is 0.714. The number of nitrogens with zero attached hydrogens (tertiary/aromatic N) is 1. The van der Waals surface area contributed by atoms with Crippen LogP contribution in [0.1, 0.15) is 39.5 Å². The molecule has 0 bridgehead atoms. The van der Waals surface area contributed by atoms with Crippen molar-refractivity contribution in [2.45, 2.75) is 57.8 Å². The van der Waals surface area contributed by atoms with Crippen LogP contribution in [0.4, 0.5) is 13.2 Å². The highest BCUT2D eigenvalue weighted by Gasteiger charge is 2.37. The zero-order valence-corrected chi connectivity index (χ0v) is 10.7. The monoisotopic (exact) mass is 252 g/mol. The number of halogens is 3. The van der Waals surface area contributed by atoms with Crippen molar-refractivity contribution in [3.05, 3.63) is 0 Å². The summed E-state index contributed by atoms with van der Waals surface area (Å²) in [5.41, 5.74) is 0. The van der Waals surface area contributed by atoms with Gasteiger partial charge >= 0.3 is 6.18 Å². The van der Waals surface area contributed by atoms with Crippen molar-refractivity contribution < 1.29 is 13.2 Å². The summed E-state index contributed by atoms with van der Waals surface area (Å²) in [5.74, 6) is 0. The van der Waals surface area contributed by atoms with Gasteiger partial charge in [0.2, 0.25) is 0 Å². The summed E-state index contributed by atoms with van der Waals surface area (Å²) in [4.78, 5) is 1.56. The lowest BCUT2D eigenvalue weighted by Gasteiger charge is -2.24. The highest BCUT2D eigenvalue weighted by atomic mass is 19.4. The van der Waals surface area contributed by atoms with Gasteiger partial charge < -0.3 is 5.32 Å². The molecule has 0 aromatic carbocycles. The molecule has 0 aromatic heterocycles. The van der Waals surface area contributed by atoms with Gasteiger partial charge in [-0.25, -0.2) is 0 Å². The second kappa shape index (κ2) is 6.59. The number of nitrogens with one attached hydrogen (secondary N) is 1. The van der Waals surface area contributed by atoms with Gasteiger partial charge in [-0.2, -0.15) is 13.2 Å². The fourth-order valence-electron chi connectivity index (χ4n) is 2.05. The van der Waals surface area contributed by atoms with Crippen LogP contribution in [0.5, 0.6) is 0 Å². The van der Waals surface area contributed by atoms with Crippen molar-refractivity contribution in [1.29, 1.82) is 0 Å². The third-order valence-electron chi connectivity index (χ3n) is 3.06. The molecule has 1 aliphatic rings. The first-order chi connectivity index (χ1) is 7.92. The smallest absolute Gasteiger partial charge is 0.313 e. The SMILES string of the molecule is CCCC(C)NCCN(CC(F)(F)F)C1CC1. The molecule has 1 saturated carbocycles. The van der Waals surface area contributed by atoms with E-state index >= 15 is 0 Å². The molecular formula is C12H23F3N2. The summed E-state index contributed by atoms with van der Waals surface area (Å²) >= 11 is 0. The molecule has 0 aromatic rings. The molecule has 0 radical (unpaired) electrons. The molecule has 0 amide bonds. The fourth-order valence-corrected chi connectivity index (χ4v) is 2.05. The van der Waals surface area contributed by atoms with Crippen LogP contribution in [-0.2, 0) is 0 Å². The standard InChI is InChI=1S/C12H23F3N2/c1-3-4-10(2)16-7-8-17(11-5-6-11)9-12(13,14)15/h10-11,16H,3-9H2,1-2H3. The van der Waals surface area contributed by atoms with Gasteiger partial charge in [0.15, 0.2) is 0 Å². The van der Waals surface area contributed by atoms with Gasteiger partial charge in [0.05, 0.1) is 6.54 Å². The lowest BCUT2D eigenvalue weighted by molar-refractivity contribution is -0.147. The Balaban J connectivity index is 2.21. The summed E-state index contributed by atoms with van der Waals surface area (Å²) in [7, 11) is 0. The third-order valence-corrected chi connectivity index (χ3v) is 3.06. The lowest BCUT2D eigenvalue weighted by atomic mass is 10.2. The Bertz CT molecular complexity index is 214. The molecule has 1 N–H and O–H groups in total. The Labute approximate surface area is 102 Å². The van der Waals surface area contributed by atoms with Crippen LogP contribution in [0.25, 0.3) is 0 Å². The molecule has 1 fully saturated rings. The maximum atomic E-state index is 12.3. The van der Waals surface area contributed by atoms with E-state index in [2.05, 4.69) is 19.2 Å². The topological polar surface area (TPSA) is 15.3 Å². The molecule has 5 heteroatoms. The van der Waals surface area contributed by atoms with Crippen molar-refractivity contribution in [1.82, 2.24) is 10.2 Å². The van der Waals surface area contributed by atoms with Crippen LogP contribution >= 0.6 is 0 Å². The average molecular weight is 252 g/mol. The Kier molecular flexibility index (Phi) is 5.73. The van der Waals surface area contributed by atoms with Crippen molar-refractivity contribution in [2.24, 2.45) is 0 Å². The maximum Gasteiger partial charge on any atom is 0.401 e. The van der Waals surface area contributed by atoms with Crippen LogP contribution in [0.2, 0.25) is 0 Å². The Hall–Kier alpha value is -0.290. The summed E-state index contributed by atoms with van der Waals surface area (Å²) in [6, 6.07) is 0.562. The normalized spacial score (nSPS) is 18.7. The molecule has 1 aliphatic carbocycles. The van der Waals surface area contributed by atoms with Gasteiger partial charge in [-0.05, 0) is 26.2 Å². The first-order valence-electron chi connectivity index (χ1n) is 6.46. The molecule has 0 saturated heterocycles. The first kappa shape index (κ1) is 14.8. The van der Waals surface area contributed by atoms with Crippen LogP contribution in [0.15, 0.2) is 0 Å². The van der Waals surface area contributed by atoms with E-state index in [9.17, 15) is 13.2 Å². The number of hydrogen-bond acceptors (Lipinski definition) is 2. The third kappa shape index (κ3) is 6.88. The van der Waals surface area contributed by atoms with Crippen LogP contribution in [0.3, 0.4) is 0 Å². The zero-order valence-electron chi connectivity index (χ0n) is 10.7. The van der Waals surface area contributed by atoms with E-state index in [1.807, 2.05) is 0 Å². The predicted octanol–water partition coefficient (Wildman–Crippen LogP) is 2.79. The average Bonchev–Trinajstić information content (AvgIpc) is 2.97. The molecule has 1 rings (SSSR count). The molecular weight excluding hydrogens is 229 g/mol. The summed E-state index contributed by atoms with van der Waals surface area (Å²) in [6.07, 6.45) is -0.0649. The first-order valence-corrected chi connectivity index (χ1v) is 6.46. The van der Waals surface area contributed by atoms with Gasteiger partial charge in [-0.1, -0.05) is 13.3 Å². The second-order valence-electron chi connectivity index (χ2n) is 4.96. The van der Waals surface area contributed by atoms with E-state index in [1.165, 1.54) is 0 Å². The molecule has 1 unspecified atom stereocenters. The van der Waals surface area contributed by atoms with Gasteiger partial charge in [-0.15, -0.1) is 0 Å². The maximum absolute atomic E-state index is 12.3.